The first-order chi connectivity index (χ1) is 13.1. The van der Waals surface area contributed by atoms with E-state index in [0.717, 1.165) is 5.56 Å². The van der Waals surface area contributed by atoms with E-state index in [0.29, 0.717) is 27.9 Å². The number of carbonyl (C=O) groups is 1. The summed E-state index contributed by atoms with van der Waals surface area (Å²) in [6.07, 6.45) is 1.81. The molecule has 1 unspecified atom stereocenters. The van der Waals surface area contributed by atoms with Gasteiger partial charge < -0.3 is 9.84 Å². The van der Waals surface area contributed by atoms with Gasteiger partial charge in [0, 0.05) is 35.6 Å². The van der Waals surface area contributed by atoms with Crippen molar-refractivity contribution in [2.24, 2.45) is 0 Å². The van der Waals surface area contributed by atoms with Crippen molar-refractivity contribution in [3.05, 3.63) is 64.2 Å². The van der Waals surface area contributed by atoms with E-state index >= 15 is 0 Å². The molecular formula is C19H18N4O3S. The zero-order chi connectivity index (χ0) is 18.8. The Balaban J connectivity index is 1.37. The van der Waals surface area contributed by atoms with Crippen molar-refractivity contribution in [1.29, 1.82) is 0 Å². The van der Waals surface area contributed by atoms with E-state index in [9.17, 15) is 9.59 Å². The number of hydrogen-bond donors (Lipinski definition) is 1. The van der Waals surface area contributed by atoms with Crippen LogP contribution in [0.4, 0.5) is 0 Å². The van der Waals surface area contributed by atoms with Crippen LogP contribution in [0.2, 0.25) is 0 Å². The first kappa shape index (κ1) is 17.5. The Morgan fingerprint density at radius 2 is 2.19 bits per heavy atom. The molecule has 1 amide bonds. The Kier molecular flexibility index (Phi) is 4.81. The third-order valence-electron chi connectivity index (χ3n) is 4.41. The molecule has 4 rings (SSSR count). The van der Waals surface area contributed by atoms with Gasteiger partial charge in [-0.25, -0.2) is 4.98 Å². The first-order valence-electron chi connectivity index (χ1n) is 8.60. The summed E-state index contributed by atoms with van der Waals surface area (Å²) in [5, 5.41) is 7.52. The van der Waals surface area contributed by atoms with Crippen molar-refractivity contribution in [1.82, 2.24) is 20.0 Å². The van der Waals surface area contributed by atoms with Crippen LogP contribution in [0, 0.1) is 6.92 Å². The van der Waals surface area contributed by atoms with Gasteiger partial charge in [0.2, 0.25) is 5.91 Å². The lowest BCUT2D eigenvalue weighted by Gasteiger charge is -2.13. The Hall–Kier alpha value is -2.87. The lowest BCUT2D eigenvalue weighted by Crippen LogP contribution is -2.31. The van der Waals surface area contributed by atoms with Gasteiger partial charge in [0.1, 0.15) is 5.69 Å². The van der Waals surface area contributed by atoms with Crippen molar-refractivity contribution in [2.75, 3.05) is 5.75 Å². The highest BCUT2D eigenvalue weighted by molar-refractivity contribution is 7.99. The van der Waals surface area contributed by atoms with Crippen LogP contribution < -0.4 is 10.9 Å². The summed E-state index contributed by atoms with van der Waals surface area (Å²) >= 11 is 1.50. The molecule has 7 nitrogen and oxygen atoms in total. The number of aryl methyl sites for hydroxylation is 1. The number of aromatic nitrogens is 3. The molecule has 1 N–H and O–H groups in total. The van der Waals surface area contributed by atoms with Crippen molar-refractivity contribution in [3.8, 4) is 11.3 Å². The molecule has 0 saturated heterocycles. The Bertz CT molecular complexity index is 1030. The molecule has 1 aliphatic heterocycles. The molecule has 8 heteroatoms. The number of thioether (sulfide) groups is 1. The van der Waals surface area contributed by atoms with Crippen molar-refractivity contribution < 1.29 is 9.32 Å². The minimum absolute atomic E-state index is 0.0770. The molecule has 138 valence electrons. The number of nitrogens with zero attached hydrogens (tertiary/aromatic N) is 3. The largest absolute Gasteiger partial charge is 0.356 e. The van der Waals surface area contributed by atoms with Crippen LogP contribution in [0.1, 0.15) is 23.7 Å². The minimum Gasteiger partial charge on any atom is -0.356 e. The van der Waals surface area contributed by atoms with Gasteiger partial charge in [-0.15, -0.1) is 0 Å². The van der Waals surface area contributed by atoms with Crippen molar-refractivity contribution in [2.45, 2.75) is 31.1 Å². The second-order valence-corrected chi connectivity index (χ2v) is 7.38. The molecule has 0 fully saturated rings. The molecule has 1 aromatic carbocycles. The van der Waals surface area contributed by atoms with Crippen LogP contribution in [0.3, 0.4) is 0 Å². The van der Waals surface area contributed by atoms with Crippen LogP contribution in [-0.2, 0) is 11.3 Å². The smallest absolute Gasteiger partial charge is 0.257 e. The predicted octanol–water partition coefficient (Wildman–Crippen LogP) is 2.56. The van der Waals surface area contributed by atoms with E-state index in [1.54, 1.807) is 17.7 Å². The summed E-state index contributed by atoms with van der Waals surface area (Å²) in [5.41, 5.74) is 2.09. The van der Waals surface area contributed by atoms with E-state index in [-0.39, 0.29) is 30.5 Å². The van der Waals surface area contributed by atoms with E-state index in [1.165, 1.54) is 11.8 Å². The highest BCUT2D eigenvalue weighted by Crippen LogP contribution is 2.31. The van der Waals surface area contributed by atoms with Gasteiger partial charge in [0.05, 0.1) is 12.6 Å². The molecule has 1 atom stereocenters. The van der Waals surface area contributed by atoms with Gasteiger partial charge in [-0.1, -0.05) is 47.3 Å². The van der Waals surface area contributed by atoms with Crippen LogP contribution in [-0.4, -0.2) is 26.4 Å². The lowest BCUT2D eigenvalue weighted by molar-refractivity contribution is -0.121. The molecule has 3 heterocycles. The second kappa shape index (κ2) is 7.40. The van der Waals surface area contributed by atoms with Gasteiger partial charge in [-0.05, 0) is 6.92 Å². The fourth-order valence-electron chi connectivity index (χ4n) is 2.98. The normalized spacial score (nSPS) is 15.5. The molecule has 0 radical (unpaired) electrons. The average molecular weight is 382 g/mol. The van der Waals surface area contributed by atoms with E-state index in [1.807, 2.05) is 36.4 Å². The number of benzene rings is 1. The minimum atomic E-state index is -0.179. The summed E-state index contributed by atoms with van der Waals surface area (Å²) < 4.78 is 6.96. The molecule has 0 bridgehead atoms. The number of fused-ring (bicyclic) bond motifs is 1. The summed E-state index contributed by atoms with van der Waals surface area (Å²) in [5.74, 6) is 1.20. The van der Waals surface area contributed by atoms with Crippen LogP contribution >= 0.6 is 11.8 Å². The summed E-state index contributed by atoms with van der Waals surface area (Å²) in [7, 11) is 0. The van der Waals surface area contributed by atoms with Gasteiger partial charge in [-0.3, -0.25) is 14.2 Å². The van der Waals surface area contributed by atoms with E-state index in [2.05, 4.69) is 15.5 Å². The molecule has 0 spiro atoms. The molecule has 2 aromatic heterocycles. The summed E-state index contributed by atoms with van der Waals surface area (Å²) in [6.45, 7) is 2.01. The van der Waals surface area contributed by atoms with Crippen molar-refractivity contribution in [3.63, 3.8) is 0 Å². The summed E-state index contributed by atoms with van der Waals surface area (Å²) in [6, 6.07) is 11.3. The standard InChI is InChI=1S/C19H18N4O3S/c1-12-9-21-19-23(18(12)25)15(11-27-19)8-17(24)20-10-14-7-16(26-22-14)13-5-3-2-4-6-13/h2-7,9,15H,8,10-11H2,1H3,(H,20,24). The molecule has 3 aromatic rings. The quantitative estimate of drug-likeness (QED) is 0.682. The Morgan fingerprint density at radius 3 is 3.00 bits per heavy atom. The Labute approximate surface area is 159 Å². The average Bonchev–Trinajstić information content (AvgIpc) is 3.31. The SMILES string of the molecule is Cc1cnc2n(c1=O)C(CC(=O)NCc1cc(-c3ccccc3)on1)CS2. The first-order valence-corrected chi connectivity index (χ1v) is 9.59. The monoisotopic (exact) mass is 382 g/mol. The van der Waals surface area contributed by atoms with Crippen molar-refractivity contribution >= 4 is 17.7 Å². The fraction of sp³-hybridized carbons (Fsp3) is 0.263. The third kappa shape index (κ3) is 3.66. The van der Waals surface area contributed by atoms with Gasteiger partial charge in [0.25, 0.3) is 5.56 Å². The number of rotatable bonds is 5. The maximum Gasteiger partial charge on any atom is 0.257 e. The summed E-state index contributed by atoms with van der Waals surface area (Å²) in [4.78, 5) is 28.9. The highest BCUT2D eigenvalue weighted by Gasteiger charge is 2.27. The maximum absolute atomic E-state index is 12.3. The zero-order valence-electron chi connectivity index (χ0n) is 14.7. The number of carbonyl (C=O) groups excluding carboxylic acids is 1. The second-order valence-electron chi connectivity index (χ2n) is 6.39. The predicted molar refractivity (Wildman–Crippen MR) is 101 cm³/mol. The van der Waals surface area contributed by atoms with E-state index in [4.69, 9.17) is 4.52 Å². The molecule has 1 aliphatic rings. The van der Waals surface area contributed by atoms with Gasteiger partial charge in [-0.2, -0.15) is 0 Å². The maximum atomic E-state index is 12.3. The van der Waals surface area contributed by atoms with Crippen LogP contribution in [0.5, 0.6) is 0 Å². The van der Waals surface area contributed by atoms with Crippen LogP contribution in [0.15, 0.2) is 57.1 Å². The molecule has 27 heavy (non-hydrogen) atoms. The molecule has 0 aliphatic carbocycles. The molecular weight excluding hydrogens is 364 g/mol. The highest BCUT2D eigenvalue weighted by atomic mass is 32.2. The number of amides is 1. The number of nitrogens with one attached hydrogen (secondary N) is 1. The number of hydrogen-bond acceptors (Lipinski definition) is 6. The Morgan fingerprint density at radius 1 is 1.37 bits per heavy atom. The van der Waals surface area contributed by atoms with Gasteiger partial charge >= 0.3 is 0 Å². The lowest BCUT2D eigenvalue weighted by atomic mass is 10.1. The van der Waals surface area contributed by atoms with Gasteiger partial charge in [0.15, 0.2) is 10.9 Å². The third-order valence-corrected chi connectivity index (χ3v) is 5.52. The molecule has 0 saturated carbocycles. The van der Waals surface area contributed by atoms with Crippen LogP contribution in [0.25, 0.3) is 11.3 Å². The fourth-order valence-corrected chi connectivity index (χ4v) is 4.09. The zero-order valence-corrected chi connectivity index (χ0v) is 15.5. The topological polar surface area (TPSA) is 90.0 Å². The van der Waals surface area contributed by atoms with E-state index < -0.39 is 0 Å².